The lowest BCUT2D eigenvalue weighted by Gasteiger charge is -2.16. The van der Waals surface area contributed by atoms with E-state index in [1.165, 1.54) is 0 Å². The molecule has 1 aromatic carbocycles. The van der Waals surface area contributed by atoms with Crippen LogP contribution in [0.1, 0.15) is 26.7 Å². The number of halogens is 3. The second kappa shape index (κ2) is 6.08. The van der Waals surface area contributed by atoms with Gasteiger partial charge in [0.1, 0.15) is 11.5 Å². The van der Waals surface area contributed by atoms with Gasteiger partial charge < -0.3 is 5.32 Å². The summed E-state index contributed by atoms with van der Waals surface area (Å²) in [6.45, 7) is 3.77. The van der Waals surface area contributed by atoms with Gasteiger partial charge in [-0.1, -0.05) is 13.8 Å². The van der Waals surface area contributed by atoms with Gasteiger partial charge >= 0.3 is 5.69 Å². The van der Waals surface area contributed by atoms with Crippen molar-refractivity contribution in [3.05, 3.63) is 32.3 Å². The van der Waals surface area contributed by atoms with Crippen LogP contribution in [-0.2, 0) is 0 Å². The molecule has 0 aliphatic heterocycles. The normalized spacial score (nSPS) is 10.8. The molecule has 1 aromatic rings. The Hall–Kier alpha value is -1.24. The van der Waals surface area contributed by atoms with Crippen LogP contribution in [0.15, 0.2) is 10.5 Å². The molecule has 0 spiro atoms. The van der Waals surface area contributed by atoms with Gasteiger partial charge in [0.05, 0.1) is 9.40 Å². The molecule has 100 valence electrons. The van der Waals surface area contributed by atoms with E-state index in [2.05, 4.69) is 21.2 Å². The Morgan fingerprint density at radius 1 is 1.44 bits per heavy atom. The van der Waals surface area contributed by atoms with Crippen molar-refractivity contribution in [2.45, 2.75) is 32.7 Å². The molecule has 0 aromatic heterocycles. The molecule has 0 heterocycles. The topological polar surface area (TPSA) is 55.2 Å². The van der Waals surface area contributed by atoms with Gasteiger partial charge in [0.15, 0.2) is 0 Å². The van der Waals surface area contributed by atoms with Crippen LogP contribution < -0.4 is 5.32 Å². The minimum atomic E-state index is -1.20. The number of nitro benzene ring substituents is 1. The summed E-state index contributed by atoms with van der Waals surface area (Å²) in [5.41, 5.74) is -0.873. The summed E-state index contributed by atoms with van der Waals surface area (Å²) >= 11 is 2.65. The van der Waals surface area contributed by atoms with Crippen LogP contribution in [0.2, 0.25) is 0 Å². The molecule has 0 saturated carbocycles. The Morgan fingerprint density at radius 3 is 2.44 bits per heavy atom. The first kappa shape index (κ1) is 14.8. The number of hydrogen-bond acceptors (Lipinski definition) is 3. The molecular formula is C11H13BrF2N2O2. The first-order valence-corrected chi connectivity index (χ1v) is 6.30. The van der Waals surface area contributed by atoms with Gasteiger partial charge in [0, 0.05) is 12.1 Å². The van der Waals surface area contributed by atoms with E-state index in [-0.39, 0.29) is 11.7 Å². The predicted octanol–water partition coefficient (Wildman–Crippen LogP) is 4.24. The van der Waals surface area contributed by atoms with Gasteiger partial charge in [0.25, 0.3) is 0 Å². The minimum Gasteiger partial charge on any atom is -0.377 e. The van der Waals surface area contributed by atoms with Crippen molar-refractivity contribution < 1.29 is 13.7 Å². The van der Waals surface area contributed by atoms with E-state index >= 15 is 0 Å². The molecule has 0 aliphatic carbocycles. The van der Waals surface area contributed by atoms with Crippen LogP contribution in [0.3, 0.4) is 0 Å². The molecule has 18 heavy (non-hydrogen) atoms. The largest absolute Gasteiger partial charge is 0.377 e. The van der Waals surface area contributed by atoms with Gasteiger partial charge in [-0.05, 0) is 28.8 Å². The average molecular weight is 323 g/mol. The fourth-order valence-corrected chi connectivity index (χ4v) is 1.89. The number of anilines is 1. The number of rotatable bonds is 5. The van der Waals surface area contributed by atoms with Crippen molar-refractivity contribution in [1.82, 2.24) is 0 Å². The van der Waals surface area contributed by atoms with E-state index in [9.17, 15) is 18.9 Å². The van der Waals surface area contributed by atoms with Crippen LogP contribution in [0, 0.1) is 21.7 Å². The van der Waals surface area contributed by atoms with Crippen LogP contribution in [0.4, 0.5) is 20.2 Å². The lowest BCUT2D eigenvalue weighted by atomic mass is 10.1. The SMILES string of the molecule is CCC(CC)Nc1cc(F)c(Br)c(F)c1[N+](=O)[O-]. The molecule has 0 bridgehead atoms. The summed E-state index contributed by atoms with van der Waals surface area (Å²) in [5.74, 6) is -2.07. The standard InChI is InChI=1S/C11H13BrF2N2O2/c1-3-6(4-2)15-8-5-7(13)9(12)10(14)11(8)16(17)18/h5-6,15H,3-4H2,1-2H3. The van der Waals surface area contributed by atoms with E-state index in [4.69, 9.17) is 0 Å². The number of hydrogen-bond donors (Lipinski definition) is 1. The highest BCUT2D eigenvalue weighted by Crippen LogP contribution is 2.35. The van der Waals surface area contributed by atoms with E-state index in [1.54, 1.807) is 0 Å². The molecule has 4 nitrogen and oxygen atoms in total. The summed E-state index contributed by atoms with van der Waals surface area (Å²) in [7, 11) is 0. The lowest BCUT2D eigenvalue weighted by molar-refractivity contribution is -0.386. The van der Waals surface area contributed by atoms with Crippen molar-refractivity contribution in [2.24, 2.45) is 0 Å². The molecule has 0 aliphatic rings. The van der Waals surface area contributed by atoms with Gasteiger partial charge in [-0.2, -0.15) is 4.39 Å². The molecule has 1 N–H and O–H groups in total. The van der Waals surface area contributed by atoms with Crippen LogP contribution >= 0.6 is 15.9 Å². The van der Waals surface area contributed by atoms with E-state index < -0.39 is 26.7 Å². The van der Waals surface area contributed by atoms with Gasteiger partial charge in [0.2, 0.25) is 5.82 Å². The summed E-state index contributed by atoms with van der Waals surface area (Å²) < 4.78 is 26.5. The molecule has 0 amide bonds. The van der Waals surface area contributed by atoms with Gasteiger partial charge in [-0.25, -0.2) is 4.39 Å². The maximum absolute atomic E-state index is 13.7. The molecule has 0 fully saturated rings. The zero-order valence-corrected chi connectivity index (χ0v) is 11.6. The highest BCUT2D eigenvalue weighted by atomic mass is 79.9. The summed E-state index contributed by atoms with van der Waals surface area (Å²) in [5, 5.41) is 13.6. The van der Waals surface area contributed by atoms with Crippen molar-refractivity contribution in [3.63, 3.8) is 0 Å². The Labute approximate surface area is 112 Å². The zero-order chi connectivity index (χ0) is 13.9. The Bertz CT molecular complexity index is 465. The summed E-state index contributed by atoms with van der Waals surface area (Å²) in [6.07, 6.45) is 1.40. The second-order valence-corrected chi connectivity index (χ2v) is 4.59. The van der Waals surface area contributed by atoms with Gasteiger partial charge in [-0.15, -0.1) is 0 Å². The van der Waals surface area contributed by atoms with E-state index in [0.717, 1.165) is 6.07 Å². The van der Waals surface area contributed by atoms with Crippen LogP contribution in [-0.4, -0.2) is 11.0 Å². The highest BCUT2D eigenvalue weighted by molar-refractivity contribution is 9.10. The maximum atomic E-state index is 13.7. The zero-order valence-electron chi connectivity index (χ0n) is 9.97. The molecule has 0 radical (unpaired) electrons. The first-order chi connectivity index (χ1) is 8.42. The molecular weight excluding hydrogens is 310 g/mol. The third-order valence-corrected chi connectivity index (χ3v) is 3.39. The highest BCUT2D eigenvalue weighted by Gasteiger charge is 2.26. The number of benzene rings is 1. The third-order valence-electron chi connectivity index (χ3n) is 2.66. The van der Waals surface area contributed by atoms with Crippen molar-refractivity contribution in [3.8, 4) is 0 Å². The first-order valence-electron chi connectivity index (χ1n) is 5.50. The fourth-order valence-electron chi connectivity index (χ4n) is 1.59. The summed E-state index contributed by atoms with van der Waals surface area (Å²) in [6, 6.07) is 0.868. The molecule has 0 atom stereocenters. The van der Waals surface area contributed by atoms with Crippen LogP contribution in [0.25, 0.3) is 0 Å². The van der Waals surface area contributed by atoms with Crippen molar-refractivity contribution >= 4 is 27.3 Å². The second-order valence-electron chi connectivity index (χ2n) is 3.80. The Balaban J connectivity index is 3.29. The number of nitro groups is 1. The van der Waals surface area contributed by atoms with Crippen molar-refractivity contribution in [1.29, 1.82) is 0 Å². The lowest BCUT2D eigenvalue weighted by Crippen LogP contribution is -2.18. The monoisotopic (exact) mass is 322 g/mol. The minimum absolute atomic E-state index is 0.0660. The van der Waals surface area contributed by atoms with Gasteiger partial charge in [-0.3, -0.25) is 10.1 Å². The molecule has 1 rings (SSSR count). The molecule has 0 unspecified atom stereocenters. The van der Waals surface area contributed by atoms with E-state index in [0.29, 0.717) is 12.8 Å². The maximum Gasteiger partial charge on any atom is 0.329 e. The quantitative estimate of drug-likeness (QED) is 0.501. The fraction of sp³-hybridized carbons (Fsp3) is 0.455. The molecule has 7 heteroatoms. The smallest absolute Gasteiger partial charge is 0.329 e. The van der Waals surface area contributed by atoms with Crippen molar-refractivity contribution in [2.75, 3.05) is 5.32 Å². The van der Waals surface area contributed by atoms with E-state index in [1.807, 2.05) is 13.8 Å². The third kappa shape index (κ3) is 2.95. The Morgan fingerprint density at radius 2 is 2.00 bits per heavy atom. The predicted molar refractivity (Wildman–Crippen MR) is 68.7 cm³/mol. The summed E-state index contributed by atoms with van der Waals surface area (Å²) in [4.78, 5) is 9.99. The average Bonchev–Trinajstić information content (AvgIpc) is 2.32. The number of nitrogens with zero attached hydrogens (tertiary/aromatic N) is 1. The molecule has 0 saturated heterocycles. The Kier molecular flexibility index (Phi) is 5.01. The van der Waals surface area contributed by atoms with Crippen LogP contribution in [0.5, 0.6) is 0 Å². The number of nitrogens with one attached hydrogen (secondary N) is 1.